The Morgan fingerprint density at radius 3 is 2.73 bits per heavy atom. The number of carbonyl (C=O) groups excluding carboxylic acids is 3. The topological polar surface area (TPSA) is 113 Å². The molecule has 0 saturated carbocycles. The second-order valence-electron chi connectivity index (χ2n) is 8.60. The zero-order chi connectivity index (χ0) is 23.2. The van der Waals surface area contributed by atoms with E-state index in [4.69, 9.17) is 9.47 Å². The highest BCUT2D eigenvalue weighted by atomic mass is 16.6. The molecule has 2 unspecified atom stereocenters. The highest BCUT2D eigenvalue weighted by Crippen LogP contribution is 2.20. The van der Waals surface area contributed by atoms with Crippen LogP contribution in [-0.4, -0.2) is 72.3 Å². The Balaban J connectivity index is 1.41. The molecule has 3 N–H and O–H groups in total. The van der Waals surface area contributed by atoms with Crippen LogP contribution in [0.4, 0.5) is 4.79 Å². The Bertz CT molecular complexity index is 976. The predicted molar refractivity (Wildman–Crippen MR) is 123 cm³/mol. The molecule has 9 nitrogen and oxygen atoms in total. The first-order valence-electron chi connectivity index (χ1n) is 11.7. The number of aromatic amines is 1. The van der Waals surface area contributed by atoms with E-state index in [1.165, 1.54) is 0 Å². The van der Waals surface area contributed by atoms with Crippen LogP contribution >= 0.6 is 0 Å². The molecule has 9 heteroatoms. The Morgan fingerprint density at radius 2 is 2.00 bits per heavy atom. The molecule has 3 amide bonds. The van der Waals surface area contributed by atoms with Gasteiger partial charge in [-0.3, -0.25) is 9.59 Å². The van der Waals surface area contributed by atoms with Crippen molar-refractivity contribution in [3.05, 3.63) is 36.0 Å². The number of likely N-dealkylation sites (tertiary alicyclic amines) is 1. The van der Waals surface area contributed by atoms with Crippen molar-refractivity contribution in [3.8, 4) is 0 Å². The van der Waals surface area contributed by atoms with E-state index in [1.807, 2.05) is 30.5 Å². The molecule has 2 aliphatic rings. The smallest absolute Gasteiger partial charge is 0.409 e. The second-order valence-corrected chi connectivity index (χ2v) is 8.60. The number of piperidine rings is 1. The van der Waals surface area contributed by atoms with Gasteiger partial charge in [-0.2, -0.15) is 0 Å². The third-order valence-electron chi connectivity index (χ3n) is 6.32. The van der Waals surface area contributed by atoms with Gasteiger partial charge in [0.15, 0.2) is 0 Å². The number of hydrogen-bond acceptors (Lipinski definition) is 5. The van der Waals surface area contributed by atoms with Gasteiger partial charge in [0.05, 0.1) is 6.61 Å². The number of fused-ring (bicyclic) bond motifs is 1. The van der Waals surface area contributed by atoms with Crippen molar-refractivity contribution in [1.29, 1.82) is 0 Å². The minimum atomic E-state index is -0.719. The number of carbonyl (C=O) groups is 3. The standard InChI is InChI=1S/C24H32N4O5/c1-2-32-24(31)28-11-9-17(10-12-28)26-22(29)20(27-23(30)21-8-5-13-33-21)14-16-15-25-19-7-4-3-6-18(16)19/h3-4,6-7,15,17,20-21,25H,2,5,8-14H2,1H3,(H,26,29)(H,27,30). The third kappa shape index (κ3) is 5.65. The van der Waals surface area contributed by atoms with Gasteiger partial charge in [-0.1, -0.05) is 18.2 Å². The van der Waals surface area contributed by atoms with Gasteiger partial charge in [-0.15, -0.1) is 0 Å². The fraction of sp³-hybridized carbons (Fsp3) is 0.542. The molecule has 0 spiro atoms. The van der Waals surface area contributed by atoms with Crippen LogP contribution in [0.3, 0.4) is 0 Å². The van der Waals surface area contributed by atoms with Crippen molar-refractivity contribution < 1.29 is 23.9 Å². The summed E-state index contributed by atoms with van der Waals surface area (Å²) in [7, 11) is 0. The number of aromatic nitrogens is 1. The summed E-state index contributed by atoms with van der Waals surface area (Å²) >= 11 is 0. The molecule has 0 aliphatic carbocycles. The second kappa shape index (κ2) is 10.7. The van der Waals surface area contributed by atoms with Gasteiger partial charge in [0, 0.05) is 49.3 Å². The fourth-order valence-electron chi connectivity index (χ4n) is 4.50. The minimum absolute atomic E-state index is 0.0618. The van der Waals surface area contributed by atoms with E-state index in [1.54, 1.807) is 11.8 Å². The summed E-state index contributed by atoms with van der Waals surface area (Å²) in [6.07, 6.45) is 4.24. The van der Waals surface area contributed by atoms with Crippen LogP contribution in [0.15, 0.2) is 30.5 Å². The zero-order valence-electron chi connectivity index (χ0n) is 19.0. The highest BCUT2D eigenvalue weighted by molar-refractivity contribution is 5.91. The average Bonchev–Trinajstić information content (AvgIpc) is 3.50. The lowest BCUT2D eigenvalue weighted by Crippen LogP contribution is -2.54. The lowest BCUT2D eigenvalue weighted by Gasteiger charge is -2.32. The van der Waals surface area contributed by atoms with E-state index in [0.717, 1.165) is 22.9 Å². The Morgan fingerprint density at radius 1 is 1.21 bits per heavy atom. The van der Waals surface area contributed by atoms with Crippen molar-refractivity contribution >= 4 is 28.8 Å². The largest absolute Gasteiger partial charge is 0.450 e. The number of hydrogen-bond donors (Lipinski definition) is 3. The first-order chi connectivity index (χ1) is 16.0. The Hall–Kier alpha value is -3.07. The number of rotatable bonds is 7. The van der Waals surface area contributed by atoms with Crippen LogP contribution in [0.25, 0.3) is 10.9 Å². The Labute approximate surface area is 193 Å². The van der Waals surface area contributed by atoms with E-state index in [2.05, 4.69) is 15.6 Å². The average molecular weight is 457 g/mol. The summed E-state index contributed by atoms with van der Waals surface area (Å²) in [5.41, 5.74) is 1.96. The molecule has 2 saturated heterocycles. The molecule has 0 bridgehead atoms. The first-order valence-corrected chi connectivity index (χ1v) is 11.7. The van der Waals surface area contributed by atoms with Crippen LogP contribution in [0, 0.1) is 0 Å². The maximum Gasteiger partial charge on any atom is 0.409 e. The first kappa shape index (κ1) is 23.1. The molecule has 178 valence electrons. The maximum atomic E-state index is 13.3. The molecule has 2 aromatic rings. The van der Waals surface area contributed by atoms with Crippen LogP contribution in [0.2, 0.25) is 0 Å². The van der Waals surface area contributed by atoms with Crippen LogP contribution in [-0.2, 0) is 25.5 Å². The van der Waals surface area contributed by atoms with Gasteiger partial charge in [0.1, 0.15) is 12.1 Å². The third-order valence-corrected chi connectivity index (χ3v) is 6.32. The predicted octanol–water partition coefficient (Wildman–Crippen LogP) is 2.11. The number of nitrogens with one attached hydrogen (secondary N) is 3. The number of benzene rings is 1. The molecule has 2 aliphatic heterocycles. The van der Waals surface area contributed by atoms with E-state index in [9.17, 15) is 14.4 Å². The van der Waals surface area contributed by atoms with Crippen molar-refractivity contribution in [3.63, 3.8) is 0 Å². The van der Waals surface area contributed by atoms with Crippen molar-refractivity contribution in [1.82, 2.24) is 20.5 Å². The molecule has 2 fully saturated rings. The minimum Gasteiger partial charge on any atom is -0.450 e. The zero-order valence-corrected chi connectivity index (χ0v) is 19.0. The van der Waals surface area contributed by atoms with Crippen molar-refractivity contribution in [2.45, 2.75) is 57.2 Å². The lowest BCUT2D eigenvalue weighted by molar-refractivity contribution is -0.134. The quantitative estimate of drug-likeness (QED) is 0.591. The normalized spacial score (nSPS) is 19.9. The van der Waals surface area contributed by atoms with Crippen molar-refractivity contribution in [2.24, 2.45) is 0 Å². The summed E-state index contributed by atoms with van der Waals surface area (Å²) in [6.45, 7) is 3.74. The molecule has 1 aromatic heterocycles. The SMILES string of the molecule is CCOC(=O)N1CCC(NC(=O)C(Cc2c[nH]c3ccccc23)NC(=O)C2CCCO2)CC1. The van der Waals surface area contributed by atoms with Gasteiger partial charge in [-0.25, -0.2) is 4.79 Å². The fourth-order valence-corrected chi connectivity index (χ4v) is 4.50. The molecule has 1 aromatic carbocycles. The molecule has 33 heavy (non-hydrogen) atoms. The molecule has 4 rings (SSSR count). The number of amides is 3. The van der Waals surface area contributed by atoms with Crippen molar-refractivity contribution in [2.75, 3.05) is 26.3 Å². The van der Waals surface area contributed by atoms with Crippen LogP contribution in [0.5, 0.6) is 0 Å². The van der Waals surface area contributed by atoms with Gasteiger partial charge < -0.3 is 30.0 Å². The lowest BCUT2D eigenvalue weighted by atomic mass is 10.0. The number of para-hydroxylation sites is 1. The number of nitrogens with zero attached hydrogens (tertiary/aromatic N) is 1. The number of ether oxygens (including phenoxy) is 2. The summed E-state index contributed by atoms with van der Waals surface area (Å²) in [4.78, 5) is 42.8. The van der Waals surface area contributed by atoms with E-state index in [0.29, 0.717) is 52.0 Å². The van der Waals surface area contributed by atoms with Gasteiger partial charge >= 0.3 is 6.09 Å². The van der Waals surface area contributed by atoms with Crippen LogP contribution in [0.1, 0.15) is 38.2 Å². The maximum absolute atomic E-state index is 13.3. The van der Waals surface area contributed by atoms with E-state index < -0.39 is 12.1 Å². The highest BCUT2D eigenvalue weighted by Gasteiger charge is 2.31. The molecule has 2 atom stereocenters. The number of H-pyrrole nitrogens is 1. The van der Waals surface area contributed by atoms with E-state index >= 15 is 0 Å². The summed E-state index contributed by atoms with van der Waals surface area (Å²) in [5, 5.41) is 7.04. The van der Waals surface area contributed by atoms with Crippen LogP contribution < -0.4 is 10.6 Å². The molecule has 3 heterocycles. The summed E-state index contributed by atoms with van der Waals surface area (Å²) in [6, 6.07) is 7.11. The van der Waals surface area contributed by atoms with Gasteiger partial charge in [-0.05, 0) is 44.2 Å². The van der Waals surface area contributed by atoms with Gasteiger partial charge in [0.2, 0.25) is 11.8 Å². The van der Waals surface area contributed by atoms with E-state index in [-0.39, 0.29) is 23.9 Å². The summed E-state index contributed by atoms with van der Waals surface area (Å²) in [5.74, 6) is -0.467. The van der Waals surface area contributed by atoms with Gasteiger partial charge in [0.25, 0.3) is 0 Å². The molecular formula is C24H32N4O5. The molecular weight excluding hydrogens is 424 g/mol. The molecule has 0 radical (unpaired) electrons. The monoisotopic (exact) mass is 456 g/mol. The Kier molecular flexibility index (Phi) is 7.49. The summed E-state index contributed by atoms with van der Waals surface area (Å²) < 4.78 is 10.6.